The van der Waals surface area contributed by atoms with E-state index in [2.05, 4.69) is 10.3 Å². The number of ether oxygens (including phenoxy) is 1. The van der Waals surface area contributed by atoms with Crippen molar-refractivity contribution in [1.82, 2.24) is 15.0 Å². The number of fused-ring (bicyclic) bond motifs is 1. The maximum Gasteiger partial charge on any atom is 0.335 e. The number of esters is 1. The Labute approximate surface area is 103 Å². The van der Waals surface area contributed by atoms with Gasteiger partial charge in [0.1, 0.15) is 12.1 Å². The summed E-state index contributed by atoms with van der Waals surface area (Å²) in [6, 6.07) is 7.44. The van der Waals surface area contributed by atoms with Crippen LogP contribution in [0.15, 0.2) is 29.8 Å². The molecule has 0 saturated carbocycles. The SMILES string of the molecule is CC(=Cn1nnc2ccccc21)C(=O)OCCO. The van der Waals surface area contributed by atoms with Crippen LogP contribution in [-0.2, 0) is 9.53 Å². The summed E-state index contributed by atoms with van der Waals surface area (Å²) < 4.78 is 6.31. The van der Waals surface area contributed by atoms with Gasteiger partial charge in [-0.2, -0.15) is 0 Å². The van der Waals surface area contributed by atoms with E-state index in [4.69, 9.17) is 9.84 Å². The first-order chi connectivity index (χ1) is 8.72. The van der Waals surface area contributed by atoms with Crippen LogP contribution in [0.4, 0.5) is 0 Å². The van der Waals surface area contributed by atoms with Crippen LogP contribution in [0.3, 0.4) is 0 Å². The predicted octanol–water partition coefficient (Wildman–Crippen LogP) is 0.828. The lowest BCUT2D eigenvalue weighted by molar-refractivity contribution is -0.139. The summed E-state index contributed by atoms with van der Waals surface area (Å²) in [6.45, 7) is 1.42. The summed E-state index contributed by atoms with van der Waals surface area (Å²) in [6.07, 6.45) is 1.55. The van der Waals surface area contributed by atoms with Crippen molar-refractivity contribution < 1.29 is 14.6 Å². The minimum atomic E-state index is -0.483. The van der Waals surface area contributed by atoms with Gasteiger partial charge < -0.3 is 9.84 Å². The fourth-order valence-corrected chi connectivity index (χ4v) is 1.47. The maximum absolute atomic E-state index is 11.5. The van der Waals surface area contributed by atoms with Crippen LogP contribution in [0, 0.1) is 0 Å². The van der Waals surface area contributed by atoms with E-state index in [1.807, 2.05) is 24.3 Å². The largest absolute Gasteiger partial charge is 0.460 e. The highest BCUT2D eigenvalue weighted by atomic mass is 16.5. The molecule has 0 amide bonds. The normalized spacial score (nSPS) is 11.8. The van der Waals surface area contributed by atoms with E-state index < -0.39 is 5.97 Å². The number of aliphatic hydroxyl groups is 1. The van der Waals surface area contributed by atoms with Crippen molar-refractivity contribution in [2.75, 3.05) is 13.2 Å². The van der Waals surface area contributed by atoms with Gasteiger partial charge in [0, 0.05) is 6.20 Å². The lowest BCUT2D eigenvalue weighted by Crippen LogP contribution is -2.10. The van der Waals surface area contributed by atoms with Gasteiger partial charge in [0.15, 0.2) is 0 Å². The van der Waals surface area contributed by atoms with Gasteiger partial charge in [-0.05, 0) is 19.1 Å². The van der Waals surface area contributed by atoms with Gasteiger partial charge in [-0.25, -0.2) is 9.48 Å². The van der Waals surface area contributed by atoms with Crippen molar-refractivity contribution >= 4 is 23.2 Å². The number of aromatic nitrogens is 3. The smallest absolute Gasteiger partial charge is 0.335 e. The molecule has 0 aliphatic carbocycles. The number of benzene rings is 1. The summed E-state index contributed by atoms with van der Waals surface area (Å²) in [5, 5.41) is 16.5. The Balaban J connectivity index is 2.24. The second-order valence-electron chi connectivity index (χ2n) is 3.69. The molecule has 0 radical (unpaired) electrons. The molecule has 0 aliphatic rings. The molecule has 0 atom stereocenters. The van der Waals surface area contributed by atoms with Gasteiger partial charge in [-0.15, -0.1) is 5.10 Å². The summed E-state index contributed by atoms with van der Waals surface area (Å²) in [5.41, 5.74) is 1.95. The quantitative estimate of drug-likeness (QED) is 0.639. The highest BCUT2D eigenvalue weighted by Crippen LogP contribution is 2.11. The number of para-hydroxylation sites is 1. The van der Waals surface area contributed by atoms with Crippen molar-refractivity contribution in [3.05, 3.63) is 29.8 Å². The number of aliphatic hydroxyl groups excluding tert-OH is 1. The van der Waals surface area contributed by atoms with E-state index in [-0.39, 0.29) is 13.2 Å². The first-order valence-corrected chi connectivity index (χ1v) is 5.48. The van der Waals surface area contributed by atoms with Gasteiger partial charge in [0.25, 0.3) is 0 Å². The molecule has 1 N–H and O–H groups in total. The van der Waals surface area contributed by atoms with E-state index in [0.717, 1.165) is 11.0 Å². The lowest BCUT2D eigenvalue weighted by atomic mass is 10.3. The molecule has 0 aliphatic heterocycles. The molecule has 1 aromatic heterocycles. The lowest BCUT2D eigenvalue weighted by Gasteiger charge is -2.02. The Morgan fingerprint density at radius 1 is 1.50 bits per heavy atom. The first-order valence-electron chi connectivity index (χ1n) is 5.48. The molecule has 94 valence electrons. The number of carbonyl (C=O) groups excluding carboxylic acids is 1. The van der Waals surface area contributed by atoms with Crippen LogP contribution in [0.1, 0.15) is 6.92 Å². The zero-order valence-corrected chi connectivity index (χ0v) is 9.91. The van der Waals surface area contributed by atoms with Crippen LogP contribution in [0.5, 0.6) is 0 Å². The van der Waals surface area contributed by atoms with E-state index in [1.54, 1.807) is 13.1 Å². The summed E-state index contributed by atoms with van der Waals surface area (Å²) in [7, 11) is 0. The Kier molecular flexibility index (Phi) is 3.69. The molecule has 0 unspecified atom stereocenters. The zero-order chi connectivity index (χ0) is 13.0. The second kappa shape index (κ2) is 5.42. The third kappa shape index (κ3) is 2.54. The Morgan fingerprint density at radius 2 is 2.28 bits per heavy atom. The third-order valence-electron chi connectivity index (χ3n) is 2.34. The molecular formula is C12H13N3O3. The van der Waals surface area contributed by atoms with Crippen molar-refractivity contribution in [3.8, 4) is 0 Å². The Bertz CT molecular complexity index is 589. The van der Waals surface area contributed by atoms with Gasteiger partial charge in [0.05, 0.1) is 17.7 Å². The van der Waals surface area contributed by atoms with Crippen LogP contribution in [-0.4, -0.2) is 39.3 Å². The third-order valence-corrected chi connectivity index (χ3v) is 2.34. The standard InChI is InChI=1S/C12H13N3O3/c1-9(12(17)18-7-6-16)8-15-11-5-3-2-4-10(11)13-14-15/h2-5,8,16H,6-7H2,1H3. The monoisotopic (exact) mass is 247 g/mol. The zero-order valence-electron chi connectivity index (χ0n) is 9.91. The van der Waals surface area contributed by atoms with Gasteiger partial charge in [-0.3, -0.25) is 0 Å². The van der Waals surface area contributed by atoms with Crippen molar-refractivity contribution in [2.24, 2.45) is 0 Å². The first kappa shape index (κ1) is 12.3. The maximum atomic E-state index is 11.5. The molecule has 6 heteroatoms. The fourth-order valence-electron chi connectivity index (χ4n) is 1.47. The van der Waals surface area contributed by atoms with Gasteiger partial charge >= 0.3 is 5.97 Å². The van der Waals surface area contributed by atoms with Gasteiger partial charge in [0.2, 0.25) is 0 Å². The molecule has 0 bridgehead atoms. The molecule has 0 spiro atoms. The summed E-state index contributed by atoms with van der Waals surface area (Å²) in [5.74, 6) is -0.483. The number of hydrogen-bond acceptors (Lipinski definition) is 5. The summed E-state index contributed by atoms with van der Waals surface area (Å²) in [4.78, 5) is 11.5. The van der Waals surface area contributed by atoms with Crippen LogP contribution >= 0.6 is 0 Å². The minimum Gasteiger partial charge on any atom is -0.460 e. The number of nitrogens with zero attached hydrogens (tertiary/aromatic N) is 3. The van der Waals surface area contributed by atoms with Crippen molar-refractivity contribution in [3.63, 3.8) is 0 Å². The van der Waals surface area contributed by atoms with E-state index in [1.165, 1.54) is 4.68 Å². The van der Waals surface area contributed by atoms with E-state index in [9.17, 15) is 4.79 Å². The van der Waals surface area contributed by atoms with Crippen LogP contribution in [0.25, 0.3) is 17.2 Å². The Morgan fingerprint density at radius 3 is 3.06 bits per heavy atom. The minimum absolute atomic E-state index is 0.0118. The van der Waals surface area contributed by atoms with Gasteiger partial charge in [-0.1, -0.05) is 17.3 Å². The van der Waals surface area contributed by atoms with E-state index >= 15 is 0 Å². The molecular weight excluding hydrogens is 234 g/mol. The molecule has 6 nitrogen and oxygen atoms in total. The molecule has 1 heterocycles. The second-order valence-corrected chi connectivity index (χ2v) is 3.69. The molecule has 2 rings (SSSR count). The van der Waals surface area contributed by atoms with Crippen molar-refractivity contribution in [1.29, 1.82) is 0 Å². The van der Waals surface area contributed by atoms with Crippen LogP contribution in [0.2, 0.25) is 0 Å². The summed E-state index contributed by atoms with van der Waals surface area (Å²) >= 11 is 0. The Hall–Kier alpha value is -2.21. The average molecular weight is 247 g/mol. The fraction of sp³-hybridized carbons (Fsp3) is 0.250. The topological polar surface area (TPSA) is 77.2 Å². The average Bonchev–Trinajstić information content (AvgIpc) is 2.79. The highest BCUT2D eigenvalue weighted by molar-refractivity contribution is 5.91. The molecule has 2 aromatic rings. The number of carbonyl (C=O) groups is 1. The highest BCUT2D eigenvalue weighted by Gasteiger charge is 2.07. The van der Waals surface area contributed by atoms with E-state index in [0.29, 0.717) is 5.57 Å². The molecule has 0 saturated heterocycles. The molecule has 1 aromatic carbocycles. The molecule has 0 fully saturated rings. The number of rotatable bonds is 4. The molecule has 18 heavy (non-hydrogen) atoms. The van der Waals surface area contributed by atoms with Crippen LogP contribution < -0.4 is 0 Å². The predicted molar refractivity (Wildman–Crippen MR) is 65.5 cm³/mol. The number of hydrogen-bond donors (Lipinski definition) is 1. The van der Waals surface area contributed by atoms with Crippen molar-refractivity contribution in [2.45, 2.75) is 6.92 Å².